The van der Waals surface area contributed by atoms with Gasteiger partial charge in [0, 0.05) is 31.7 Å². The quantitative estimate of drug-likeness (QED) is 0.801. The molecule has 1 aliphatic heterocycles. The van der Waals surface area contributed by atoms with Crippen molar-refractivity contribution in [2.45, 2.75) is 0 Å². The summed E-state index contributed by atoms with van der Waals surface area (Å²) in [7, 11) is 1.56. The van der Waals surface area contributed by atoms with E-state index in [1.807, 2.05) is 0 Å². The SMILES string of the molecule is COc1cccc(C(=O)N2CCN(C(=O)c3cccc(Cl)c3Cl)CC2)c1. The van der Waals surface area contributed by atoms with Crippen LogP contribution in [0.3, 0.4) is 0 Å². The summed E-state index contributed by atoms with van der Waals surface area (Å²) in [6.45, 7) is 1.80. The Labute approximate surface area is 162 Å². The largest absolute Gasteiger partial charge is 0.497 e. The fraction of sp³-hybridized carbons (Fsp3) is 0.263. The summed E-state index contributed by atoms with van der Waals surface area (Å²) < 4.78 is 5.16. The lowest BCUT2D eigenvalue weighted by Crippen LogP contribution is -2.50. The third kappa shape index (κ3) is 3.79. The maximum Gasteiger partial charge on any atom is 0.255 e. The van der Waals surface area contributed by atoms with Crippen LogP contribution in [0.1, 0.15) is 20.7 Å². The zero-order chi connectivity index (χ0) is 18.7. The molecule has 0 aliphatic carbocycles. The van der Waals surface area contributed by atoms with Gasteiger partial charge < -0.3 is 14.5 Å². The highest BCUT2D eigenvalue weighted by molar-refractivity contribution is 6.43. The van der Waals surface area contributed by atoms with Crippen molar-refractivity contribution in [1.29, 1.82) is 0 Å². The summed E-state index contributed by atoms with van der Waals surface area (Å²) >= 11 is 12.1. The van der Waals surface area contributed by atoms with E-state index in [-0.39, 0.29) is 16.8 Å². The predicted molar refractivity (Wildman–Crippen MR) is 101 cm³/mol. The van der Waals surface area contributed by atoms with Crippen molar-refractivity contribution in [3.63, 3.8) is 0 Å². The number of rotatable bonds is 3. The van der Waals surface area contributed by atoms with Crippen molar-refractivity contribution in [3.8, 4) is 5.75 Å². The molecule has 26 heavy (non-hydrogen) atoms. The van der Waals surface area contributed by atoms with E-state index in [1.165, 1.54) is 0 Å². The molecule has 0 bridgehead atoms. The van der Waals surface area contributed by atoms with Crippen molar-refractivity contribution in [3.05, 3.63) is 63.6 Å². The first-order valence-electron chi connectivity index (χ1n) is 8.18. The van der Waals surface area contributed by atoms with E-state index in [0.717, 1.165) is 0 Å². The van der Waals surface area contributed by atoms with Gasteiger partial charge in [-0.25, -0.2) is 0 Å². The number of ether oxygens (including phenoxy) is 1. The van der Waals surface area contributed by atoms with Crippen LogP contribution in [0.5, 0.6) is 5.75 Å². The van der Waals surface area contributed by atoms with Gasteiger partial charge in [0.15, 0.2) is 0 Å². The van der Waals surface area contributed by atoms with Gasteiger partial charge in [-0.2, -0.15) is 0 Å². The molecule has 1 saturated heterocycles. The highest BCUT2D eigenvalue weighted by atomic mass is 35.5. The normalized spacial score (nSPS) is 14.3. The molecule has 5 nitrogen and oxygen atoms in total. The lowest BCUT2D eigenvalue weighted by atomic mass is 10.1. The van der Waals surface area contributed by atoms with Crippen LogP contribution in [0, 0.1) is 0 Å². The number of carbonyl (C=O) groups excluding carboxylic acids is 2. The molecule has 0 aromatic heterocycles. The van der Waals surface area contributed by atoms with Gasteiger partial charge in [-0.1, -0.05) is 35.3 Å². The third-order valence-electron chi connectivity index (χ3n) is 4.35. The van der Waals surface area contributed by atoms with Crippen molar-refractivity contribution < 1.29 is 14.3 Å². The average molecular weight is 393 g/mol. The molecule has 136 valence electrons. The lowest BCUT2D eigenvalue weighted by Gasteiger charge is -2.35. The monoisotopic (exact) mass is 392 g/mol. The van der Waals surface area contributed by atoms with Crippen molar-refractivity contribution in [2.24, 2.45) is 0 Å². The summed E-state index contributed by atoms with van der Waals surface area (Å²) in [6, 6.07) is 12.1. The number of carbonyl (C=O) groups is 2. The molecule has 3 rings (SSSR count). The maximum absolute atomic E-state index is 12.7. The van der Waals surface area contributed by atoms with Gasteiger partial charge in [0.1, 0.15) is 5.75 Å². The topological polar surface area (TPSA) is 49.9 Å². The van der Waals surface area contributed by atoms with Crippen LogP contribution in [0.4, 0.5) is 0 Å². The van der Waals surface area contributed by atoms with Crippen molar-refractivity contribution in [2.75, 3.05) is 33.3 Å². The molecular formula is C19H18Cl2N2O3. The Hall–Kier alpha value is -2.24. The zero-order valence-electron chi connectivity index (χ0n) is 14.2. The van der Waals surface area contributed by atoms with Gasteiger partial charge in [-0.3, -0.25) is 9.59 Å². The minimum atomic E-state index is -0.175. The van der Waals surface area contributed by atoms with E-state index >= 15 is 0 Å². The minimum Gasteiger partial charge on any atom is -0.497 e. The number of nitrogens with zero attached hydrogens (tertiary/aromatic N) is 2. The number of hydrogen-bond donors (Lipinski definition) is 0. The molecule has 0 atom stereocenters. The highest BCUT2D eigenvalue weighted by Crippen LogP contribution is 2.27. The van der Waals surface area contributed by atoms with E-state index < -0.39 is 0 Å². The average Bonchev–Trinajstić information content (AvgIpc) is 2.69. The second kappa shape index (κ2) is 7.98. The molecule has 2 amide bonds. The number of methoxy groups -OCH3 is 1. The molecule has 0 spiro atoms. The van der Waals surface area contributed by atoms with E-state index in [4.69, 9.17) is 27.9 Å². The minimum absolute atomic E-state index is 0.0724. The number of halogens is 2. The fourth-order valence-electron chi connectivity index (χ4n) is 2.89. The smallest absolute Gasteiger partial charge is 0.255 e. The van der Waals surface area contributed by atoms with E-state index in [1.54, 1.807) is 59.4 Å². The van der Waals surface area contributed by atoms with Crippen LogP contribution in [0.25, 0.3) is 0 Å². The Bertz CT molecular complexity index is 833. The zero-order valence-corrected chi connectivity index (χ0v) is 15.8. The van der Waals surface area contributed by atoms with Gasteiger partial charge in [0.05, 0.1) is 22.7 Å². The van der Waals surface area contributed by atoms with Crippen LogP contribution in [-0.4, -0.2) is 54.9 Å². The summed E-state index contributed by atoms with van der Waals surface area (Å²) in [5.41, 5.74) is 0.953. The summed E-state index contributed by atoms with van der Waals surface area (Å²) in [5, 5.41) is 0.610. The van der Waals surface area contributed by atoms with Gasteiger partial charge in [-0.15, -0.1) is 0 Å². The second-order valence-corrected chi connectivity index (χ2v) is 6.70. The molecule has 1 fully saturated rings. The van der Waals surface area contributed by atoms with Crippen molar-refractivity contribution >= 4 is 35.0 Å². The molecule has 0 radical (unpaired) electrons. The molecule has 1 heterocycles. The highest BCUT2D eigenvalue weighted by Gasteiger charge is 2.27. The van der Waals surface area contributed by atoms with Crippen LogP contribution in [0.2, 0.25) is 10.0 Å². The third-order valence-corrected chi connectivity index (χ3v) is 5.17. The maximum atomic E-state index is 12.7. The van der Waals surface area contributed by atoms with Crippen LogP contribution in [0.15, 0.2) is 42.5 Å². The van der Waals surface area contributed by atoms with Crippen molar-refractivity contribution in [1.82, 2.24) is 9.80 Å². The van der Waals surface area contributed by atoms with Crippen LogP contribution in [-0.2, 0) is 0 Å². The molecular weight excluding hydrogens is 375 g/mol. The van der Waals surface area contributed by atoms with Gasteiger partial charge in [0.25, 0.3) is 11.8 Å². The Balaban J connectivity index is 1.66. The Kier molecular flexibility index (Phi) is 5.69. The summed E-state index contributed by atoms with van der Waals surface area (Å²) in [5.74, 6) is 0.392. The summed E-state index contributed by atoms with van der Waals surface area (Å²) in [4.78, 5) is 28.7. The number of hydrogen-bond acceptors (Lipinski definition) is 3. The molecule has 0 N–H and O–H groups in total. The molecule has 1 aliphatic rings. The van der Waals surface area contributed by atoms with Gasteiger partial charge >= 0.3 is 0 Å². The predicted octanol–water partition coefficient (Wildman–Crippen LogP) is 3.60. The van der Waals surface area contributed by atoms with Gasteiger partial charge in [0.2, 0.25) is 0 Å². The Morgan fingerprint density at radius 1 is 0.923 bits per heavy atom. The molecule has 7 heteroatoms. The number of piperazine rings is 1. The molecule has 0 saturated carbocycles. The first-order chi connectivity index (χ1) is 12.5. The molecule has 2 aromatic rings. The molecule has 2 aromatic carbocycles. The number of benzene rings is 2. The van der Waals surface area contributed by atoms with E-state index in [2.05, 4.69) is 0 Å². The lowest BCUT2D eigenvalue weighted by molar-refractivity contribution is 0.0535. The van der Waals surface area contributed by atoms with Gasteiger partial charge in [-0.05, 0) is 30.3 Å². The van der Waals surface area contributed by atoms with E-state index in [9.17, 15) is 9.59 Å². The Morgan fingerprint density at radius 2 is 1.54 bits per heavy atom. The van der Waals surface area contributed by atoms with Crippen LogP contribution >= 0.6 is 23.2 Å². The fourth-order valence-corrected chi connectivity index (χ4v) is 3.27. The van der Waals surface area contributed by atoms with E-state index in [0.29, 0.717) is 48.1 Å². The standard InChI is InChI=1S/C19H18Cl2N2O3/c1-26-14-5-2-4-13(12-14)18(24)22-8-10-23(11-9-22)19(25)15-6-3-7-16(20)17(15)21/h2-7,12H,8-11H2,1H3. The first-order valence-corrected chi connectivity index (χ1v) is 8.93. The van der Waals surface area contributed by atoms with Crippen LogP contribution < -0.4 is 4.74 Å². The number of amides is 2. The Morgan fingerprint density at radius 3 is 2.19 bits per heavy atom. The second-order valence-electron chi connectivity index (χ2n) is 5.92. The molecule has 0 unspecified atom stereocenters. The summed E-state index contributed by atoms with van der Waals surface area (Å²) in [6.07, 6.45) is 0. The first kappa shape index (κ1) is 18.5.